The molecule has 2 heterocycles. The first-order valence-electron chi connectivity index (χ1n) is 7.99. The minimum absolute atomic E-state index is 0.167. The van der Waals surface area contributed by atoms with Gasteiger partial charge in [-0.2, -0.15) is 0 Å². The van der Waals surface area contributed by atoms with Gasteiger partial charge in [0.25, 0.3) is 5.91 Å². The van der Waals surface area contributed by atoms with Gasteiger partial charge in [0.1, 0.15) is 18.3 Å². The van der Waals surface area contributed by atoms with E-state index in [9.17, 15) is 4.79 Å². The van der Waals surface area contributed by atoms with E-state index in [4.69, 9.17) is 5.11 Å². The van der Waals surface area contributed by atoms with Crippen LogP contribution in [0.25, 0.3) is 22.1 Å². The van der Waals surface area contributed by atoms with Crippen LogP contribution in [0.2, 0.25) is 0 Å². The van der Waals surface area contributed by atoms with E-state index in [2.05, 4.69) is 25.3 Å². The van der Waals surface area contributed by atoms with Crippen LogP contribution in [0.5, 0.6) is 0 Å². The number of aliphatic hydroxyl groups excluding tert-OH is 1. The van der Waals surface area contributed by atoms with Crippen molar-refractivity contribution in [1.29, 1.82) is 0 Å². The summed E-state index contributed by atoms with van der Waals surface area (Å²) in [5.74, 6) is 0.984. The molecule has 0 unspecified atom stereocenters. The molecule has 0 aliphatic heterocycles. The Morgan fingerprint density at radius 2 is 1.92 bits per heavy atom. The molecule has 0 fully saturated rings. The maximum Gasteiger partial charge on any atom is 0.251 e. The molecule has 0 spiro atoms. The van der Waals surface area contributed by atoms with Gasteiger partial charge >= 0.3 is 0 Å². The highest BCUT2D eigenvalue weighted by Crippen LogP contribution is 2.17. The van der Waals surface area contributed by atoms with Crippen molar-refractivity contribution in [3.8, 4) is 0 Å². The number of fused-ring (bicyclic) bond motifs is 2. The number of aromatic nitrogens is 4. The van der Waals surface area contributed by atoms with Crippen LogP contribution in [0.3, 0.4) is 0 Å². The number of aromatic amines is 2. The fourth-order valence-electron chi connectivity index (χ4n) is 2.80. The standard InChI is InChI=1S/C18H17N5O2/c1-10(17-22-12-4-2-3-5-13(12)23-17)19-18(25)11-6-7-14-15(8-11)21-16(9-24)20-14/h2-8,10,24H,9H2,1H3,(H,19,25)(H,20,21)(H,22,23)/t10-/m1/s1. The van der Waals surface area contributed by atoms with Gasteiger partial charge in [-0.1, -0.05) is 12.1 Å². The molecule has 126 valence electrons. The number of nitrogens with one attached hydrogen (secondary N) is 3. The fourth-order valence-corrected chi connectivity index (χ4v) is 2.80. The molecule has 0 aliphatic carbocycles. The minimum atomic E-state index is -0.259. The van der Waals surface area contributed by atoms with Crippen molar-refractivity contribution in [1.82, 2.24) is 25.3 Å². The molecule has 1 atom stereocenters. The average Bonchev–Trinajstić information content (AvgIpc) is 3.24. The average molecular weight is 335 g/mol. The van der Waals surface area contributed by atoms with Crippen LogP contribution < -0.4 is 5.32 Å². The summed E-state index contributed by atoms with van der Waals surface area (Å²) in [6.45, 7) is 1.72. The Balaban J connectivity index is 1.56. The Kier molecular flexibility index (Phi) is 3.70. The lowest BCUT2D eigenvalue weighted by molar-refractivity contribution is 0.0938. The summed E-state index contributed by atoms with van der Waals surface area (Å²) in [7, 11) is 0. The second kappa shape index (κ2) is 6.03. The molecule has 0 radical (unpaired) electrons. The van der Waals surface area contributed by atoms with Crippen molar-refractivity contribution in [2.45, 2.75) is 19.6 Å². The van der Waals surface area contributed by atoms with E-state index in [1.807, 2.05) is 31.2 Å². The van der Waals surface area contributed by atoms with E-state index in [-0.39, 0.29) is 18.6 Å². The zero-order valence-corrected chi connectivity index (χ0v) is 13.6. The lowest BCUT2D eigenvalue weighted by atomic mass is 10.1. The van der Waals surface area contributed by atoms with Crippen LogP contribution in [0.4, 0.5) is 0 Å². The van der Waals surface area contributed by atoms with Crippen molar-refractivity contribution in [2.24, 2.45) is 0 Å². The molecule has 4 aromatic rings. The zero-order valence-electron chi connectivity index (χ0n) is 13.6. The second-order valence-corrected chi connectivity index (χ2v) is 5.91. The first kappa shape index (κ1) is 15.3. The number of hydrogen-bond donors (Lipinski definition) is 4. The lowest BCUT2D eigenvalue weighted by Crippen LogP contribution is -2.27. The Labute approximate surface area is 143 Å². The van der Waals surface area contributed by atoms with Crippen LogP contribution in [-0.2, 0) is 6.61 Å². The number of amides is 1. The molecular formula is C18H17N5O2. The summed E-state index contributed by atoms with van der Waals surface area (Å²) < 4.78 is 0. The molecular weight excluding hydrogens is 318 g/mol. The van der Waals surface area contributed by atoms with Gasteiger partial charge in [-0.3, -0.25) is 4.79 Å². The quantitative estimate of drug-likeness (QED) is 0.459. The van der Waals surface area contributed by atoms with Gasteiger partial charge in [-0.15, -0.1) is 0 Å². The van der Waals surface area contributed by atoms with Crippen molar-refractivity contribution in [2.75, 3.05) is 0 Å². The van der Waals surface area contributed by atoms with Gasteiger partial charge in [0.15, 0.2) is 0 Å². The SMILES string of the molecule is C[C@@H](NC(=O)c1ccc2nc(CO)[nH]c2c1)c1nc2ccccc2[nH]1. The van der Waals surface area contributed by atoms with Crippen molar-refractivity contribution >= 4 is 28.0 Å². The smallest absolute Gasteiger partial charge is 0.251 e. The molecule has 0 saturated carbocycles. The summed E-state index contributed by atoms with van der Waals surface area (Å²) >= 11 is 0. The third kappa shape index (κ3) is 2.85. The minimum Gasteiger partial charge on any atom is -0.388 e. The van der Waals surface area contributed by atoms with E-state index in [1.54, 1.807) is 18.2 Å². The number of rotatable bonds is 4. The van der Waals surface area contributed by atoms with Gasteiger partial charge in [-0.05, 0) is 37.3 Å². The van der Waals surface area contributed by atoms with Crippen molar-refractivity contribution in [3.63, 3.8) is 0 Å². The van der Waals surface area contributed by atoms with Gasteiger partial charge in [0, 0.05) is 5.56 Å². The topological polar surface area (TPSA) is 107 Å². The second-order valence-electron chi connectivity index (χ2n) is 5.91. The lowest BCUT2D eigenvalue weighted by Gasteiger charge is -2.11. The molecule has 25 heavy (non-hydrogen) atoms. The number of carbonyl (C=O) groups excluding carboxylic acids is 1. The Bertz CT molecular complexity index is 1030. The molecule has 2 aromatic carbocycles. The third-order valence-corrected chi connectivity index (χ3v) is 4.11. The number of imidazole rings is 2. The zero-order chi connectivity index (χ0) is 17.4. The molecule has 4 N–H and O–H groups in total. The maximum atomic E-state index is 12.5. The predicted molar refractivity (Wildman–Crippen MR) is 94.0 cm³/mol. The summed E-state index contributed by atoms with van der Waals surface area (Å²) in [5, 5.41) is 12.1. The number of para-hydroxylation sites is 2. The summed E-state index contributed by atoms with van der Waals surface area (Å²) in [6, 6.07) is 12.7. The highest BCUT2D eigenvalue weighted by Gasteiger charge is 2.15. The summed E-state index contributed by atoms with van der Waals surface area (Å²) in [5.41, 5.74) is 3.76. The van der Waals surface area contributed by atoms with Crippen LogP contribution >= 0.6 is 0 Å². The van der Waals surface area contributed by atoms with Gasteiger partial charge < -0.3 is 20.4 Å². The highest BCUT2D eigenvalue weighted by molar-refractivity contribution is 5.97. The van der Waals surface area contributed by atoms with E-state index < -0.39 is 0 Å². The monoisotopic (exact) mass is 335 g/mol. The van der Waals surface area contributed by atoms with E-state index in [0.717, 1.165) is 11.0 Å². The normalized spacial score (nSPS) is 12.6. The third-order valence-electron chi connectivity index (χ3n) is 4.11. The van der Waals surface area contributed by atoms with Gasteiger partial charge in [0.2, 0.25) is 0 Å². The Hall–Kier alpha value is -3.19. The molecule has 1 amide bonds. The molecule has 0 bridgehead atoms. The number of aliphatic hydroxyl groups is 1. The first-order valence-corrected chi connectivity index (χ1v) is 7.99. The van der Waals surface area contributed by atoms with Crippen molar-refractivity contribution in [3.05, 3.63) is 59.7 Å². The molecule has 0 aliphatic rings. The largest absolute Gasteiger partial charge is 0.388 e. The highest BCUT2D eigenvalue weighted by atomic mass is 16.3. The molecule has 7 heteroatoms. The van der Waals surface area contributed by atoms with Crippen LogP contribution in [-0.4, -0.2) is 30.9 Å². The number of benzene rings is 2. The fraction of sp³-hybridized carbons (Fsp3) is 0.167. The van der Waals surface area contributed by atoms with Gasteiger partial charge in [0.05, 0.1) is 28.1 Å². The van der Waals surface area contributed by atoms with Crippen LogP contribution in [0.1, 0.15) is 35.0 Å². The number of nitrogens with zero attached hydrogens (tertiary/aromatic N) is 2. The van der Waals surface area contributed by atoms with E-state index in [1.165, 1.54) is 0 Å². The van der Waals surface area contributed by atoms with E-state index >= 15 is 0 Å². The molecule has 7 nitrogen and oxygen atoms in total. The van der Waals surface area contributed by atoms with Crippen LogP contribution in [0, 0.1) is 0 Å². The van der Waals surface area contributed by atoms with Crippen molar-refractivity contribution < 1.29 is 9.90 Å². The van der Waals surface area contributed by atoms with Crippen LogP contribution in [0.15, 0.2) is 42.5 Å². The predicted octanol–water partition coefficient (Wildman–Crippen LogP) is 2.42. The summed E-state index contributed by atoms with van der Waals surface area (Å²) in [4.78, 5) is 27.5. The first-order chi connectivity index (χ1) is 12.1. The number of carbonyl (C=O) groups is 1. The Morgan fingerprint density at radius 1 is 1.12 bits per heavy atom. The van der Waals surface area contributed by atoms with Gasteiger partial charge in [-0.25, -0.2) is 9.97 Å². The Morgan fingerprint density at radius 3 is 2.72 bits per heavy atom. The molecule has 2 aromatic heterocycles. The molecule has 0 saturated heterocycles. The number of H-pyrrole nitrogens is 2. The van der Waals surface area contributed by atoms with E-state index in [0.29, 0.717) is 28.2 Å². The number of hydrogen-bond acceptors (Lipinski definition) is 4. The summed E-state index contributed by atoms with van der Waals surface area (Å²) in [6.07, 6.45) is 0. The maximum absolute atomic E-state index is 12.5. The molecule has 4 rings (SSSR count).